The molecule has 0 bridgehead atoms. The Morgan fingerprint density at radius 1 is 1.29 bits per heavy atom. The van der Waals surface area contributed by atoms with Crippen molar-refractivity contribution in [1.82, 2.24) is 15.2 Å². The number of aromatic nitrogens is 3. The molecule has 0 radical (unpaired) electrons. The summed E-state index contributed by atoms with van der Waals surface area (Å²) in [5, 5.41) is 6.37. The predicted octanol–water partition coefficient (Wildman–Crippen LogP) is 0.992. The normalized spacial score (nSPS) is 12.7. The Bertz CT molecular complexity index is 395. The van der Waals surface area contributed by atoms with E-state index >= 15 is 0 Å². The number of nitrogens with zero attached hydrogens (tertiary/aromatic N) is 2. The Morgan fingerprint density at radius 3 is 2.57 bits per heavy atom. The number of hydrogen-bond acceptors (Lipinski definition) is 3. The van der Waals surface area contributed by atoms with Gasteiger partial charge in [0.15, 0.2) is 0 Å². The van der Waals surface area contributed by atoms with E-state index < -0.39 is 6.04 Å². The Balaban J connectivity index is 2.28. The van der Waals surface area contributed by atoms with E-state index in [4.69, 9.17) is 5.73 Å². The molecule has 2 rings (SSSR count). The van der Waals surface area contributed by atoms with Crippen molar-refractivity contribution in [3.63, 3.8) is 0 Å². The summed E-state index contributed by atoms with van der Waals surface area (Å²) in [5.41, 5.74) is 6.65. The van der Waals surface area contributed by atoms with Gasteiger partial charge in [0, 0.05) is 0 Å². The molecule has 0 aliphatic rings. The van der Waals surface area contributed by atoms with Gasteiger partial charge in [-0.3, -0.25) is 5.10 Å². The van der Waals surface area contributed by atoms with Crippen LogP contribution in [0.1, 0.15) is 17.4 Å². The van der Waals surface area contributed by atoms with E-state index in [2.05, 4.69) is 15.2 Å². The minimum atomic E-state index is -0.391. The number of rotatable bonds is 2. The molecule has 4 nitrogen and oxygen atoms in total. The molecule has 1 heterocycles. The van der Waals surface area contributed by atoms with Crippen LogP contribution in [0.5, 0.6) is 0 Å². The molecule has 1 aromatic carbocycles. The second kappa shape index (κ2) is 3.55. The van der Waals surface area contributed by atoms with Gasteiger partial charge >= 0.3 is 0 Å². The molecule has 0 saturated carbocycles. The van der Waals surface area contributed by atoms with Gasteiger partial charge in [0.1, 0.15) is 18.0 Å². The highest BCUT2D eigenvalue weighted by Gasteiger charge is 2.10. The smallest absolute Gasteiger partial charge is 0.145 e. The molecular formula is C9H9FN4. The van der Waals surface area contributed by atoms with Crippen LogP contribution in [-0.4, -0.2) is 15.2 Å². The fourth-order valence-electron chi connectivity index (χ4n) is 1.19. The van der Waals surface area contributed by atoms with Gasteiger partial charge in [-0.1, -0.05) is 12.1 Å². The standard InChI is InChI=1S/C9H9FN4/c10-7-3-1-6(2-4-7)8(11)9-12-5-13-14-9/h1-5,8H,11H2,(H,12,13,14). The second-order valence-electron chi connectivity index (χ2n) is 2.90. The zero-order chi connectivity index (χ0) is 9.97. The summed E-state index contributed by atoms with van der Waals surface area (Å²) in [4.78, 5) is 3.93. The first-order chi connectivity index (χ1) is 6.77. The largest absolute Gasteiger partial charge is 0.318 e. The first kappa shape index (κ1) is 8.83. The van der Waals surface area contributed by atoms with Gasteiger partial charge in [-0.2, -0.15) is 5.10 Å². The van der Waals surface area contributed by atoms with Crippen LogP contribution in [0.15, 0.2) is 30.6 Å². The highest BCUT2D eigenvalue weighted by atomic mass is 19.1. The molecule has 14 heavy (non-hydrogen) atoms. The van der Waals surface area contributed by atoms with Crippen LogP contribution in [0, 0.1) is 5.82 Å². The lowest BCUT2D eigenvalue weighted by Crippen LogP contribution is -2.13. The van der Waals surface area contributed by atoms with E-state index in [9.17, 15) is 4.39 Å². The third-order valence-corrected chi connectivity index (χ3v) is 1.96. The molecule has 0 amide bonds. The summed E-state index contributed by atoms with van der Waals surface area (Å²) in [5.74, 6) is 0.287. The number of H-pyrrole nitrogens is 1. The van der Waals surface area contributed by atoms with Gasteiger partial charge in [-0.15, -0.1) is 0 Å². The molecule has 72 valence electrons. The molecule has 0 aliphatic heterocycles. The van der Waals surface area contributed by atoms with Crippen LogP contribution >= 0.6 is 0 Å². The van der Waals surface area contributed by atoms with Gasteiger partial charge < -0.3 is 5.73 Å². The van der Waals surface area contributed by atoms with Crippen molar-refractivity contribution in [2.24, 2.45) is 5.73 Å². The monoisotopic (exact) mass is 192 g/mol. The molecular weight excluding hydrogens is 183 g/mol. The van der Waals surface area contributed by atoms with Gasteiger partial charge in [-0.25, -0.2) is 9.37 Å². The summed E-state index contributed by atoms with van der Waals surface area (Å²) < 4.78 is 12.6. The van der Waals surface area contributed by atoms with E-state index in [1.54, 1.807) is 12.1 Å². The molecule has 2 aromatic rings. The SMILES string of the molecule is NC(c1ccc(F)cc1)c1ncn[nH]1. The van der Waals surface area contributed by atoms with Crippen LogP contribution < -0.4 is 5.73 Å². The summed E-state index contributed by atoms with van der Waals surface area (Å²) >= 11 is 0. The van der Waals surface area contributed by atoms with Crippen molar-refractivity contribution >= 4 is 0 Å². The zero-order valence-electron chi connectivity index (χ0n) is 7.31. The Kier molecular flexibility index (Phi) is 2.24. The molecule has 1 unspecified atom stereocenters. The average molecular weight is 192 g/mol. The molecule has 0 saturated heterocycles. The van der Waals surface area contributed by atoms with E-state index in [0.29, 0.717) is 5.82 Å². The Labute approximate surface area is 80.0 Å². The van der Waals surface area contributed by atoms with Gasteiger partial charge in [0.2, 0.25) is 0 Å². The number of benzene rings is 1. The maximum atomic E-state index is 12.6. The average Bonchev–Trinajstić information content (AvgIpc) is 2.71. The number of hydrogen-bond donors (Lipinski definition) is 2. The maximum absolute atomic E-state index is 12.6. The van der Waals surface area contributed by atoms with Crippen LogP contribution in [-0.2, 0) is 0 Å². The zero-order valence-corrected chi connectivity index (χ0v) is 7.31. The minimum absolute atomic E-state index is 0.279. The lowest BCUT2D eigenvalue weighted by Gasteiger charge is -2.07. The summed E-state index contributed by atoms with van der Waals surface area (Å²) in [6.45, 7) is 0. The summed E-state index contributed by atoms with van der Waals surface area (Å²) in [6, 6.07) is 5.60. The van der Waals surface area contributed by atoms with Crippen LogP contribution in [0.4, 0.5) is 4.39 Å². The predicted molar refractivity (Wildman–Crippen MR) is 48.8 cm³/mol. The lowest BCUT2D eigenvalue weighted by atomic mass is 10.1. The quantitative estimate of drug-likeness (QED) is 0.745. The van der Waals surface area contributed by atoms with Gasteiger partial charge in [0.25, 0.3) is 0 Å². The first-order valence-corrected chi connectivity index (χ1v) is 4.13. The van der Waals surface area contributed by atoms with Crippen molar-refractivity contribution in [2.45, 2.75) is 6.04 Å². The Morgan fingerprint density at radius 2 is 2.00 bits per heavy atom. The topological polar surface area (TPSA) is 67.6 Å². The van der Waals surface area contributed by atoms with E-state index in [1.807, 2.05) is 0 Å². The third kappa shape index (κ3) is 1.62. The molecule has 0 fully saturated rings. The summed E-state index contributed by atoms with van der Waals surface area (Å²) in [7, 11) is 0. The van der Waals surface area contributed by atoms with E-state index in [-0.39, 0.29) is 5.82 Å². The fraction of sp³-hybridized carbons (Fsp3) is 0.111. The van der Waals surface area contributed by atoms with E-state index in [0.717, 1.165) is 5.56 Å². The molecule has 1 atom stereocenters. The van der Waals surface area contributed by atoms with Crippen molar-refractivity contribution in [1.29, 1.82) is 0 Å². The summed E-state index contributed by atoms with van der Waals surface area (Å²) in [6.07, 6.45) is 1.39. The first-order valence-electron chi connectivity index (χ1n) is 4.13. The molecule has 5 heteroatoms. The minimum Gasteiger partial charge on any atom is -0.318 e. The molecule has 1 aromatic heterocycles. The van der Waals surface area contributed by atoms with Crippen molar-refractivity contribution in [3.8, 4) is 0 Å². The highest BCUT2D eigenvalue weighted by molar-refractivity contribution is 5.24. The van der Waals surface area contributed by atoms with Crippen molar-refractivity contribution in [3.05, 3.63) is 47.8 Å². The molecule has 0 aliphatic carbocycles. The van der Waals surface area contributed by atoms with Crippen molar-refractivity contribution < 1.29 is 4.39 Å². The number of nitrogens with one attached hydrogen (secondary N) is 1. The second-order valence-corrected chi connectivity index (χ2v) is 2.90. The van der Waals surface area contributed by atoms with Crippen LogP contribution in [0.2, 0.25) is 0 Å². The molecule has 3 N–H and O–H groups in total. The number of halogens is 1. The van der Waals surface area contributed by atoms with Crippen molar-refractivity contribution in [2.75, 3.05) is 0 Å². The fourth-order valence-corrected chi connectivity index (χ4v) is 1.19. The maximum Gasteiger partial charge on any atom is 0.145 e. The number of aromatic amines is 1. The van der Waals surface area contributed by atoms with Crippen LogP contribution in [0.3, 0.4) is 0 Å². The Hall–Kier alpha value is -1.75. The van der Waals surface area contributed by atoms with Gasteiger partial charge in [0.05, 0.1) is 6.04 Å². The number of nitrogens with two attached hydrogens (primary N) is 1. The van der Waals surface area contributed by atoms with Gasteiger partial charge in [-0.05, 0) is 17.7 Å². The van der Waals surface area contributed by atoms with Crippen LogP contribution in [0.25, 0.3) is 0 Å². The lowest BCUT2D eigenvalue weighted by molar-refractivity contribution is 0.626. The third-order valence-electron chi connectivity index (χ3n) is 1.96. The molecule has 0 spiro atoms. The van der Waals surface area contributed by atoms with E-state index in [1.165, 1.54) is 18.5 Å². The highest BCUT2D eigenvalue weighted by Crippen LogP contribution is 2.15.